The molecule has 1 aliphatic heterocycles. The minimum absolute atomic E-state index is 0.0445. The first-order chi connectivity index (χ1) is 10.1. The number of benzene rings is 1. The normalized spacial score (nSPS) is 24.0. The first-order valence-electron chi connectivity index (χ1n) is 7.24. The Morgan fingerprint density at radius 2 is 2.05 bits per heavy atom. The number of hydrogen-bond acceptors (Lipinski definition) is 4. The van der Waals surface area contributed by atoms with Crippen LogP contribution in [0.25, 0.3) is 0 Å². The van der Waals surface area contributed by atoms with Gasteiger partial charge >= 0.3 is 0 Å². The van der Waals surface area contributed by atoms with Crippen molar-refractivity contribution in [3.05, 3.63) is 22.7 Å². The predicted molar refractivity (Wildman–Crippen MR) is 79.4 cm³/mol. The number of rotatable bonds is 4. The van der Waals surface area contributed by atoms with Crippen LogP contribution in [0.5, 0.6) is 11.5 Å². The van der Waals surface area contributed by atoms with Gasteiger partial charge in [-0.25, -0.2) is 0 Å². The average molecular weight is 311 g/mol. The van der Waals surface area contributed by atoms with Gasteiger partial charge in [-0.3, -0.25) is 4.79 Å². The predicted octanol–water partition coefficient (Wildman–Crippen LogP) is 2.20. The number of hydrogen-bond donors (Lipinski definition) is 2. The smallest absolute Gasteiger partial charge is 0.231 e. The molecule has 1 saturated carbocycles. The van der Waals surface area contributed by atoms with Crippen molar-refractivity contribution in [1.82, 2.24) is 5.32 Å². The van der Waals surface area contributed by atoms with Gasteiger partial charge in [0.2, 0.25) is 12.7 Å². The van der Waals surface area contributed by atoms with E-state index in [9.17, 15) is 4.79 Å². The monoisotopic (exact) mass is 310 g/mol. The lowest BCUT2D eigenvalue weighted by atomic mass is 9.85. The van der Waals surface area contributed by atoms with Gasteiger partial charge in [0.1, 0.15) is 0 Å². The van der Waals surface area contributed by atoms with Crippen LogP contribution in [0, 0.1) is 5.92 Å². The van der Waals surface area contributed by atoms with E-state index in [0.29, 0.717) is 22.6 Å². The molecule has 1 aromatic rings. The molecule has 3 N–H and O–H groups in total. The molecular weight excluding hydrogens is 292 g/mol. The van der Waals surface area contributed by atoms with E-state index in [1.807, 2.05) is 12.1 Å². The number of fused-ring (bicyclic) bond motifs is 1. The van der Waals surface area contributed by atoms with Gasteiger partial charge in [-0.2, -0.15) is 0 Å². The quantitative estimate of drug-likeness (QED) is 0.894. The molecule has 0 saturated heterocycles. The zero-order chi connectivity index (χ0) is 14.8. The maximum Gasteiger partial charge on any atom is 0.231 e. The molecule has 1 aromatic carbocycles. The van der Waals surface area contributed by atoms with Gasteiger partial charge in [-0.15, -0.1) is 0 Å². The fourth-order valence-electron chi connectivity index (χ4n) is 2.97. The minimum Gasteiger partial charge on any atom is -0.454 e. The molecule has 0 bridgehead atoms. The number of nitrogens with one attached hydrogen (secondary N) is 1. The summed E-state index contributed by atoms with van der Waals surface area (Å²) in [7, 11) is 0. The van der Waals surface area contributed by atoms with Crippen molar-refractivity contribution in [1.29, 1.82) is 0 Å². The Morgan fingerprint density at radius 1 is 1.29 bits per heavy atom. The summed E-state index contributed by atoms with van der Waals surface area (Å²) < 4.78 is 10.7. The minimum atomic E-state index is -0.170. The fourth-order valence-corrected chi connectivity index (χ4v) is 3.25. The highest BCUT2D eigenvalue weighted by atomic mass is 35.5. The lowest BCUT2D eigenvalue weighted by Crippen LogP contribution is -2.36. The first kappa shape index (κ1) is 14.5. The number of halogens is 1. The zero-order valence-electron chi connectivity index (χ0n) is 11.7. The van der Waals surface area contributed by atoms with E-state index < -0.39 is 0 Å². The number of carbonyl (C=O) groups is 1. The summed E-state index contributed by atoms with van der Waals surface area (Å²) >= 11 is 6.17. The van der Waals surface area contributed by atoms with Gasteiger partial charge in [-0.05, 0) is 43.4 Å². The topological polar surface area (TPSA) is 73.6 Å². The van der Waals surface area contributed by atoms with Crippen molar-refractivity contribution < 1.29 is 14.3 Å². The molecule has 21 heavy (non-hydrogen) atoms. The number of carbonyl (C=O) groups excluding carboxylic acids is 1. The Labute approximate surface area is 128 Å². The number of amides is 1. The highest BCUT2D eigenvalue weighted by Crippen LogP contribution is 2.39. The second-order valence-electron chi connectivity index (χ2n) is 5.64. The van der Waals surface area contributed by atoms with Crippen LogP contribution in [-0.2, 0) is 11.3 Å². The Balaban J connectivity index is 1.54. The van der Waals surface area contributed by atoms with Gasteiger partial charge < -0.3 is 20.5 Å². The molecule has 1 amide bonds. The molecule has 1 aliphatic carbocycles. The lowest BCUT2D eigenvalue weighted by molar-refractivity contribution is -0.122. The number of ether oxygens (including phenoxy) is 2. The summed E-state index contributed by atoms with van der Waals surface area (Å²) in [6.45, 7) is 0.950. The van der Waals surface area contributed by atoms with E-state index in [1.165, 1.54) is 0 Å². The maximum absolute atomic E-state index is 11.1. The standard InChI is InChI=1S/C15H19ClN2O3/c16-12-5-9(6-13-14(12)21-8-20-13)7-18-11-3-1-10(2-4-11)15(17)19/h5-6,10-11,18H,1-4,7-8H2,(H2,17,19). The number of nitrogens with two attached hydrogens (primary N) is 1. The molecule has 0 spiro atoms. The van der Waals surface area contributed by atoms with Crippen LogP contribution >= 0.6 is 11.6 Å². The molecule has 0 atom stereocenters. The molecule has 0 aromatic heterocycles. The molecule has 3 rings (SSSR count). The van der Waals surface area contributed by atoms with Crippen LogP contribution in [0.4, 0.5) is 0 Å². The molecule has 1 heterocycles. The Morgan fingerprint density at radius 3 is 2.76 bits per heavy atom. The van der Waals surface area contributed by atoms with Crippen LogP contribution in [0.3, 0.4) is 0 Å². The van der Waals surface area contributed by atoms with Crippen molar-refractivity contribution in [3.63, 3.8) is 0 Å². The third-order valence-electron chi connectivity index (χ3n) is 4.21. The highest BCUT2D eigenvalue weighted by molar-refractivity contribution is 6.32. The van der Waals surface area contributed by atoms with Crippen molar-refractivity contribution >= 4 is 17.5 Å². The van der Waals surface area contributed by atoms with Crippen molar-refractivity contribution in [2.75, 3.05) is 6.79 Å². The summed E-state index contributed by atoms with van der Waals surface area (Å²) in [6, 6.07) is 4.28. The molecule has 0 unspecified atom stereocenters. The second-order valence-corrected chi connectivity index (χ2v) is 6.05. The van der Waals surface area contributed by atoms with Crippen LogP contribution in [-0.4, -0.2) is 18.7 Å². The molecule has 6 heteroatoms. The first-order valence-corrected chi connectivity index (χ1v) is 7.62. The second kappa shape index (κ2) is 6.12. The van der Waals surface area contributed by atoms with Crippen LogP contribution in [0.2, 0.25) is 5.02 Å². The van der Waals surface area contributed by atoms with E-state index >= 15 is 0 Å². The fraction of sp³-hybridized carbons (Fsp3) is 0.533. The lowest BCUT2D eigenvalue weighted by Gasteiger charge is -2.27. The summed E-state index contributed by atoms with van der Waals surface area (Å²) in [4.78, 5) is 11.1. The van der Waals surface area contributed by atoms with Gasteiger partial charge in [0.25, 0.3) is 0 Å². The Hall–Kier alpha value is -1.46. The number of primary amides is 1. The van der Waals surface area contributed by atoms with E-state index in [-0.39, 0.29) is 18.6 Å². The molecular formula is C15H19ClN2O3. The largest absolute Gasteiger partial charge is 0.454 e. The highest BCUT2D eigenvalue weighted by Gasteiger charge is 2.24. The Bertz CT molecular complexity index is 542. The van der Waals surface area contributed by atoms with Crippen LogP contribution in [0.15, 0.2) is 12.1 Å². The van der Waals surface area contributed by atoms with Crippen LogP contribution in [0.1, 0.15) is 31.2 Å². The van der Waals surface area contributed by atoms with E-state index in [1.54, 1.807) is 0 Å². The molecule has 2 aliphatic rings. The molecule has 0 radical (unpaired) electrons. The van der Waals surface area contributed by atoms with Crippen molar-refractivity contribution in [3.8, 4) is 11.5 Å². The zero-order valence-corrected chi connectivity index (χ0v) is 12.5. The summed E-state index contributed by atoms with van der Waals surface area (Å²) in [5.74, 6) is 1.21. The third kappa shape index (κ3) is 3.24. The van der Waals surface area contributed by atoms with Gasteiger partial charge in [0.05, 0.1) is 5.02 Å². The van der Waals surface area contributed by atoms with Gasteiger partial charge in [0, 0.05) is 18.5 Å². The van der Waals surface area contributed by atoms with E-state index in [4.69, 9.17) is 26.8 Å². The molecule has 5 nitrogen and oxygen atoms in total. The summed E-state index contributed by atoms with van der Waals surface area (Å²) in [5, 5.41) is 4.09. The van der Waals surface area contributed by atoms with Gasteiger partial charge in [0.15, 0.2) is 11.5 Å². The van der Waals surface area contributed by atoms with Gasteiger partial charge in [-0.1, -0.05) is 11.6 Å². The molecule has 1 fully saturated rings. The summed E-state index contributed by atoms with van der Waals surface area (Å²) in [6.07, 6.45) is 3.70. The third-order valence-corrected chi connectivity index (χ3v) is 4.49. The van der Waals surface area contributed by atoms with Crippen molar-refractivity contribution in [2.24, 2.45) is 11.7 Å². The SMILES string of the molecule is NC(=O)C1CCC(NCc2cc(Cl)c3c(c2)OCO3)CC1. The average Bonchev–Trinajstić information content (AvgIpc) is 2.94. The summed E-state index contributed by atoms with van der Waals surface area (Å²) in [5.41, 5.74) is 6.42. The molecule has 114 valence electrons. The Kier molecular flexibility index (Phi) is 4.22. The maximum atomic E-state index is 11.1. The van der Waals surface area contributed by atoms with E-state index in [2.05, 4.69) is 5.32 Å². The van der Waals surface area contributed by atoms with Crippen molar-refractivity contribution in [2.45, 2.75) is 38.3 Å². The van der Waals surface area contributed by atoms with Crippen LogP contribution < -0.4 is 20.5 Å². The van der Waals surface area contributed by atoms with E-state index in [0.717, 1.165) is 37.8 Å².